The van der Waals surface area contributed by atoms with E-state index in [1.807, 2.05) is 0 Å². The Morgan fingerprint density at radius 1 is 1.43 bits per heavy atom. The molecule has 1 spiro atoms. The van der Waals surface area contributed by atoms with Crippen molar-refractivity contribution in [3.63, 3.8) is 0 Å². The summed E-state index contributed by atoms with van der Waals surface area (Å²) in [4.78, 5) is 13.2. The second-order valence-corrected chi connectivity index (χ2v) is 5.02. The van der Waals surface area contributed by atoms with Gasteiger partial charge in [-0.05, 0) is 46.3 Å². The monoisotopic (exact) mass is 196 g/mol. The summed E-state index contributed by atoms with van der Waals surface area (Å²) in [6, 6.07) is 0.371. The lowest BCUT2D eigenvalue weighted by molar-refractivity contribution is -0.111. The predicted octanol–water partition coefficient (Wildman–Crippen LogP) is 0.648. The van der Waals surface area contributed by atoms with Crippen molar-refractivity contribution in [3.05, 3.63) is 0 Å². The van der Waals surface area contributed by atoms with Crippen LogP contribution in [0.3, 0.4) is 0 Å². The van der Waals surface area contributed by atoms with Crippen LogP contribution in [0.4, 0.5) is 0 Å². The Bertz CT molecular complexity index is 221. The maximum atomic E-state index is 10.9. The molecule has 0 amide bonds. The maximum absolute atomic E-state index is 10.9. The summed E-state index contributed by atoms with van der Waals surface area (Å²) in [7, 11) is 2.17. The van der Waals surface area contributed by atoms with Crippen molar-refractivity contribution in [1.29, 1.82) is 0 Å². The van der Waals surface area contributed by atoms with E-state index in [2.05, 4.69) is 24.2 Å². The zero-order chi connectivity index (χ0) is 10.2. The molecule has 0 aliphatic carbocycles. The number of hydrogen-bond acceptors (Lipinski definition) is 3. The fourth-order valence-corrected chi connectivity index (χ4v) is 2.84. The van der Waals surface area contributed by atoms with E-state index >= 15 is 0 Å². The predicted molar refractivity (Wildman–Crippen MR) is 56.2 cm³/mol. The highest BCUT2D eigenvalue weighted by atomic mass is 16.1. The van der Waals surface area contributed by atoms with Crippen molar-refractivity contribution >= 4 is 6.29 Å². The van der Waals surface area contributed by atoms with Gasteiger partial charge in [-0.2, -0.15) is 0 Å². The van der Waals surface area contributed by atoms with Gasteiger partial charge < -0.3 is 15.0 Å². The van der Waals surface area contributed by atoms with E-state index < -0.39 is 0 Å². The first-order valence-corrected chi connectivity index (χ1v) is 5.57. The number of aldehydes is 1. The molecule has 2 heterocycles. The largest absolute Gasteiger partial charge is 0.308 e. The van der Waals surface area contributed by atoms with Crippen LogP contribution in [0, 0.1) is 5.92 Å². The summed E-state index contributed by atoms with van der Waals surface area (Å²) < 4.78 is 0. The number of nitrogens with one attached hydrogen (secondary N) is 1. The number of nitrogens with zero attached hydrogens (tertiary/aromatic N) is 1. The SMILES string of the molecule is CC1NC2(CCN(C)CC2)CC1C=O. The highest BCUT2D eigenvalue weighted by molar-refractivity contribution is 5.56. The van der Waals surface area contributed by atoms with Crippen molar-refractivity contribution in [3.8, 4) is 0 Å². The number of carbonyl (C=O) groups excluding carboxylic acids is 1. The molecule has 0 saturated carbocycles. The normalized spacial score (nSPS) is 37.6. The summed E-state index contributed by atoms with van der Waals surface area (Å²) in [5.41, 5.74) is 0.275. The minimum absolute atomic E-state index is 0.235. The Hall–Kier alpha value is -0.410. The molecule has 80 valence electrons. The van der Waals surface area contributed by atoms with Gasteiger partial charge in [0.15, 0.2) is 0 Å². The average molecular weight is 196 g/mol. The molecule has 0 aromatic heterocycles. The van der Waals surface area contributed by atoms with Gasteiger partial charge in [-0.1, -0.05) is 0 Å². The molecule has 2 aliphatic heterocycles. The lowest BCUT2D eigenvalue weighted by Gasteiger charge is -2.38. The maximum Gasteiger partial charge on any atom is 0.124 e. The van der Waals surface area contributed by atoms with E-state index in [0.29, 0.717) is 6.04 Å². The van der Waals surface area contributed by atoms with Gasteiger partial charge in [0.1, 0.15) is 6.29 Å². The third-order valence-electron chi connectivity index (χ3n) is 3.92. The standard InChI is InChI=1S/C11H20N2O/c1-9-10(8-14)7-11(12-9)3-5-13(2)6-4-11/h8-10,12H,3-7H2,1-2H3. The summed E-state index contributed by atoms with van der Waals surface area (Å²) in [6.45, 7) is 4.45. The second kappa shape index (κ2) is 3.63. The summed E-state index contributed by atoms with van der Waals surface area (Å²) >= 11 is 0. The first kappa shape index (κ1) is 10.1. The summed E-state index contributed by atoms with van der Waals surface area (Å²) in [5, 5.41) is 3.63. The van der Waals surface area contributed by atoms with Gasteiger partial charge in [0.05, 0.1) is 0 Å². The zero-order valence-corrected chi connectivity index (χ0v) is 9.12. The van der Waals surface area contributed by atoms with E-state index in [-0.39, 0.29) is 11.5 Å². The van der Waals surface area contributed by atoms with Crippen molar-refractivity contribution < 1.29 is 4.79 Å². The topological polar surface area (TPSA) is 32.3 Å². The molecular weight excluding hydrogens is 176 g/mol. The fraction of sp³-hybridized carbons (Fsp3) is 0.909. The number of piperidine rings is 1. The van der Waals surface area contributed by atoms with Crippen LogP contribution in [0.25, 0.3) is 0 Å². The summed E-state index contributed by atoms with van der Waals surface area (Å²) in [5.74, 6) is 0.235. The van der Waals surface area contributed by atoms with E-state index in [4.69, 9.17) is 0 Å². The smallest absolute Gasteiger partial charge is 0.124 e. The summed E-state index contributed by atoms with van der Waals surface area (Å²) in [6.07, 6.45) is 4.56. The molecule has 3 heteroatoms. The molecule has 14 heavy (non-hydrogen) atoms. The first-order chi connectivity index (χ1) is 6.65. The molecule has 0 aromatic carbocycles. The number of carbonyl (C=O) groups is 1. The molecule has 2 rings (SSSR count). The average Bonchev–Trinajstić information content (AvgIpc) is 2.49. The van der Waals surface area contributed by atoms with Crippen LogP contribution < -0.4 is 5.32 Å². The van der Waals surface area contributed by atoms with E-state index in [0.717, 1.165) is 25.8 Å². The quantitative estimate of drug-likeness (QED) is 0.625. The molecule has 2 fully saturated rings. The molecule has 3 nitrogen and oxygen atoms in total. The molecule has 2 saturated heterocycles. The lowest BCUT2D eigenvalue weighted by Crippen LogP contribution is -2.50. The van der Waals surface area contributed by atoms with Gasteiger partial charge in [0, 0.05) is 17.5 Å². The Morgan fingerprint density at radius 3 is 2.57 bits per heavy atom. The van der Waals surface area contributed by atoms with Crippen LogP contribution in [0.2, 0.25) is 0 Å². The van der Waals surface area contributed by atoms with Crippen LogP contribution in [0.1, 0.15) is 26.2 Å². The van der Waals surface area contributed by atoms with Crippen molar-refractivity contribution in [2.24, 2.45) is 5.92 Å². The molecule has 0 radical (unpaired) electrons. The van der Waals surface area contributed by atoms with Crippen molar-refractivity contribution in [2.75, 3.05) is 20.1 Å². The van der Waals surface area contributed by atoms with E-state index in [9.17, 15) is 4.79 Å². The Labute approximate surface area is 85.8 Å². The van der Waals surface area contributed by atoms with Gasteiger partial charge in [-0.25, -0.2) is 0 Å². The van der Waals surface area contributed by atoms with Gasteiger partial charge in [0.25, 0.3) is 0 Å². The van der Waals surface area contributed by atoms with Crippen LogP contribution in [-0.2, 0) is 4.79 Å². The molecule has 2 atom stereocenters. The minimum Gasteiger partial charge on any atom is -0.308 e. The minimum atomic E-state index is 0.235. The highest BCUT2D eigenvalue weighted by Crippen LogP contribution is 2.35. The van der Waals surface area contributed by atoms with Crippen molar-refractivity contribution in [1.82, 2.24) is 10.2 Å². The Morgan fingerprint density at radius 2 is 2.07 bits per heavy atom. The molecule has 1 N–H and O–H groups in total. The van der Waals surface area contributed by atoms with Gasteiger partial charge in [-0.3, -0.25) is 0 Å². The fourth-order valence-electron chi connectivity index (χ4n) is 2.84. The highest BCUT2D eigenvalue weighted by Gasteiger charge is 2.43. The van der Waals surface area contributed by atoms with Crippen LogP contribution >= 0.6 is 0 Å². The molecule has 2 unspecified atom stereocenters. The van der Waals surface area contributed by atoms with Crippen LogP contribution in [-0.4, -0.2) is 42.9 Å². The third-order valence-corrected chi connectivity index (χ3v) is 3.92. The number of hydrogen-bond donors (Lipinski definition) is 1. The molecule has 0 aromatic rings. The second-order valence-electron chi connectivity index (χ2n) is 5.02. The van der Waals surface area contributed by atoms with Crippen LogP contribution in [0.15, 0.2) is 0 Å². The van der Waals surface area contributed by atoms with Crippen LogP contribution in [0.5, 0.6) is 0 Å². The first-order valence-electron chi connectivity index (χ1n) is 5.57. The van der Waals surface area contributed by atoms with Crippen molar-refractivity contribution in [2.45, 2.75) is 37.8 Å². The molecule has 2 aliphatic rings. The number of likely N-dealkylation sites (tertiary alicyclic amines) is 1. The molecular formula is C11H20N2O. The lowest BCUT2D eigenvalue weighted by atomic mass is 9.84. The Kier molecular flexibility index (Phi) is 2.62. The third kappa shape index (κ3) is 1.71. The molecule has 0 bridgehead atoms. The van der Waals surface area contributed by atoms with Gasteiger partial charge in [0.2, 0.25) is 0 Å². The van der Waals surface area contributed by atoms with Gasteiger partial charge in [-0.15, -0.1) is 0 Å². The zero-order valence-electron chi connectivity index (χ0n) is 9.12. The van der Waals surface area contributed by atoms with Gasteiger partial charge >= 0.3 is 0 Å². The Balaban J connectivity index is 2.01. The van der Waals surface area contributed by atoms with E-state index in [1.165, 1.54) is 12.8 Å². The van der Waals surface area contributed by atoms with E-state index in [1.54, 1.807) is 0 Å². The number of rotatable bonds is 1.